The lowest BCUT2D eigenvalue weighted by Gasteiger charge is -2.38. The van der Waals surface area contributed by atoms with E-state index in [1.54, 1.807) is 0 Å². The van der Waals surface area contributed by atoms with Crippen molar-refractivity contribution in [2.24, 2.45) is 5.41 Å². The third-order valence-corrected chi connectivity index (χ3v) is 5.52. The second-order valence-corrected chi connectivity index (χ2v) is 8.08. The summed E-state index contributed by atoms with van der Waals surface area (Å²) in [7, 11) is 0. The number of Topliss-reactive ketones (excluding diaryl/α,β-unsaturated/α-hetero) is 1. The molecule has 124 valence electrons. The highest BCUT2D eigenvalue weighted by molar-refractivity contribution is 7.10. The van der Waals surface area contributed by atoms with Gasteiger partial charge in [0.2, 0.25) is 0 Å². The molecule has 1 unspecified atom stereocenters. The summed E-state index contributed by atoms with van der Waals surface area (Å²) in [6.07, 6.45) is 1.15. The van der Waals surface area contributed by atoms with E-state index in [-0.39, 0.29) is 11.2 Å². The van der Waals surface area contributed by atoms with E-state index in [2.05, 4.69) is 15.3 Å². The lowest BCUT2D eigenvalue weighted by molar-refractivity contribution is -0.118. The molecule has 0 saturated carbocycles. The van der Waals surface area contributed by atoms with Gasteiger partial charge in [0.25, 0.3) is 5.56 Å². The second-order valence-electron chi connectivity index (χ2n) is 7.10. The summed E-state index contributed by atoms with van der Waals surface area (Å²) in [4.78, 5) is 42.9. The zero-order chi connectivity index (χ0) is 17.1. The molecule has 2 aromatic heterocycles. The second kappa shape index (κ2) is 5.04. The van der Waals surface area contributed by atoms with Crippen LogP contribution in [0.3, 0.4) is 0 Å². The van der Waals surface area contributed by atoms with Crippen LogP contribution in [0.15, 0.2) is 38.4 Å². The molecule has 3 N–H and O–H groups in total. The Balaban J connectivity index is 2.01. The van der Waals surface area contributed by atoms with Gasteiger partial charge in [0.1, 0.15) is 5.82 Å². The first-order valence-electron chi connectivity index (χ1n) is 7.79. The normalized spacial score (nSPS) is 21.9. The van der Waals surface area contributed by atoms with Crippen LogP contribution in [0, 0.1) is 5.41 Å². The SMILES string of the molecule is CC1(C)CC(=O)C2=C(C1)Nc1[nH]c(=O)[nH]c(=O)c1C2c1cccs1. The molecule has 0 spiro atoms. The lowest BCUT2D eigenvalue weighted by atomic mass is 9.70. The zero-order valence-corrected chi connectivity index (χ0v) is 14.2. The van der Waals surface area contributed by atoms with Crippen LogP contribution in [0.5, 0.6) is 0 Å². The van der Waals surface area contributed by atoms with E-state index in [1.165, 1.54) is 11.3 Å². The van der Waals surface area contributed by atoms with Crippen molar-refractivity contribution >= 4 is 22.9 Å². The predicted octanol–water partition coefficient (Wildman–Crippen LogP) is 2.33. The fraction of sp³-hybridized carbons (Fsp3) is 0.353. The van der Waals surface area contributed by atoms with Crippen molar-refractivity contribution in [2.45, 2.75) is 32.6 Å². The van der Waals surface area contributed by atoms with Crippen molar-refractivity contribution < 1.29 is 4.79 Å². The molecule has 0 saturated heterocycles. The third-order valence-electron chi connectivity index (χ3n) is 4.58. The molecule has 2 aliphatic rings. The Morgan fingerprint density at radius 1 is 1.17 bits per heavy atom. The average Bonchev–Trinajstić information content (AvgIpc) is 2.96. The van der Waals surface area contributed by atoms with Crippen LogP contribution >= 0.6 is 11.3 Å². The molecular formula is C17H17N3O3S. The smallest absolute Gasteiger partial charge is 0.327 e. The molecule has 0 aromatic carbocycles. The highest BCUT2D eigenvalue weighted by Crippen LogP contribution is 2.47. The quantitative estimate of drug-likeness (QED) is 0.740. The Bertz CT molecular complexity index is 979. The first-order valence-corrected chi connectivity index (χ1v) is 8.67. The number of ketones is 1. The monoisotopic (exact) mass is 343 g/mol. The minimum atomic E-state index is -0.554. The Morgan fingerprint density at radius 2 is 1.96 bits per heavy atom. The van der Waals surface area contributed by atoms with Crippen LogP contribution < -0.4 is 16.6 Å². The van der Waals surface area contributed by atoms with Gasteiger partial charge < -0.3 is 5.32 Å². The zero-order valence-electron chi connectivity index (χ0n) is 13.4. The van der Waals surface area contributed by atoms with Crippen molar-refractivity contribution in [1.29, 1.82) is 0 Å². The number of allylic oxidation sites excluding steroid dienone is 2. The molecule has 0 radical (unpaired) electrons. The largest absolute Gasteiger partial charge is 0.344 e. The number of aromatic nitrogens is 2. The van der Waals surface area contributed by atoms with Crippen LogP contribution in [0.25, 0.3) is 0 Å². The maximum atomic E-state index is 12.9. The van der Waals surface area contributed by atoms with E-state index in [4.69, 9.17) is 0 Å². The van der Waals surface area contributed by atoms with Gasteiger partial charge in [-0.3, -0.25) is 19.6 Å². The highest BCUT2D eigenvalue weighted by atomic mass is 32.1. The summed E-state index contributed by atoms with van der Waals surface area (Å²) in [6, 6.07) is 3.83. The average molecular weight is 343 g/mol. The van der Waals surface area contributed by atoms with Gasteiger partial charge in [-0.25, -0.2) is 4.79 Å². The fourth-order valence-electron chi connectivity index (χ4n) is 3.69. The summed E-state index contributed by atoms with van der Waals surface area (Å²) < 4.78 is 0. The molecule has 1 aliphatic heterocycles. The Labute approximate surface area is 141 Å². The maximum Gasteiger partial charge on any atom is 0.327 e. The number of rotatable bonds is 1. The van der Waals surface area contributed by atoms with Crippen molar-refractivity contribution in [1.82, 2.24) is 9.97 Å². The Kier molecular flexibility index (Phi) is 3.18. The molecule has 6 nitrogen and oxygen atoms in total. The number of nitrogens with one attached hydrogen (secondary N) is 3. The summed E-state index contributed by atoms with van der Waals surface area (Å²) in [5, 5.41) is 5.07. The summed E-state index contributed by atoms with van der Waals surface area (Å²) in [5.74, 6) is 0.0234. The maximum absolute atomic E-state index is 12.9. The first kappa shape index (κ1) is 15.1. The van der Waals surface area contributed by atoms with Crippen LogP contribution in [0.1, 0.15) is 43.0 Å². The number of H-pyrrole nitrogens is 2. The van der Waals surface area contributed by atoms with Gasteiger partial charge in [-0.05, 0) is 23.3 Å². The first-order chi connectivity index (χ1) is 11.4. The molecule has 7 heteroatoms. The summed E-state index contributed by atoms with van der Waals surface area (Å²) in [5.41, 5.74) is 0.710. The fourth-order valence-corrected chi connectivity index (χ4v) is 4.53. The van der Waals surface area contributed by atoms with Crippen LogP contribution in [0.2, 0.25) is 0 Å². The van der Waals surface area contributed by atoms with Gasteiger partial charge >= 0.3 is 5.69 Å². The van der Waals surface area contributed by atoms with E-state index in [0.717, 1.165) is 10.6 Å². The minimum Gasteiger partial charge on any atom is -0.344 e. The van der Waals surface area contributed by atoms with Crippen molar-refractivity contribution in [3.05, 3.63) is 60.1 Å². The topological polar surface area (TPSA) is 94.8 Å². The van der Waals surface area contributed by atoms with Crippen LogP contribution in [-0.2, 0) is 4.79 Å². The Morgan fingerprint density at radius 3 is 2.67 bits per heavy atom. The molecule has 3 heterocycles. The highest BCUT2D eigenvalue weighted by Gasteiger charge is 2.42. The molecule has 1 aliphatic carbocycles. The predicted molar refractivity (Wildman–Crippen MR) is 92.5 cm³/mol. The molecule has 4 rings (SSSR count). The van der Waals surface area contributed by atoms with Crippen LogP contribution in [-0.4, -0.2) is 15.8 Å². The van der Waals surface area contributed by atoms with Gasteiger partial charge in [-0.15, -0.1) is 11.3 Å². The van der Waals surface area contributed by atoms with Crippen LogP contribution in [0.4, 0.5) is 5.82 Å². The molecule has 1 atom stereocenters. The number of carbonyl (C=O) groups excluding carboxylic acids is 1. The number of hydrogen-bond acceptors (Lipinski definition) is 5. The third kappa shape index (κ3) is 2.27. The molecule has 0 bridgehead atoms. The molecule has 0 amide bonds. The van der Waals surface area contributed by atoms with Gasteiger partial charge in [-0.1, -0.05) is 19.9 Å². The van der Waals surface area contributed by atoms with Gasteiger partial charge in [-0.2, -0.15) is 0 Å². The van der Waals surface area contributed by atoms with Gasteiger partial charge in [0, 0.05) is 22.6 Å². The molecular weight excluding hydrogens is 326 g/mol. The number of aromatic amines is 2. The van der Waals surface area contributed by atoms with E-state index >= 15 is 0 Å². The number of hydrogen-bond donors (Lipinski definition) is 3. The van der Waals surface area contributed by atoms with Crippen molar-refractivity contribution in [3.63, 3.8) is 0 Å². The number of anilines is 1. The number of carbonyl (C=O) groups is 1. The van der Waals surface area contributed by atoms with Gasteiger partial charge in [0.05, 0.1) is 11.5 Å². The lowest BCUT2D eigenvalue weighted by Crippen LogP contribution is -2.38. The van der Waals surface area contributed by atoms with Crippen molar-refractivity contribution in [3.8, 4) is 0 Å². The number of fused-ring (bicyclic) bond motifs is 1. The molecule has 0 fully saturated rings. The molecule has 24 heavy (non-hydrogen) atoms. The van der Waals surface area contributed by atoms with E-state index in [0.29, 0.717) is 29.8 Å². The van der Waals surface area contributed by atoms with E-state index < -0.39 is 17.2 Å². The Hall–Kier alpha value is -2.41. The van der Waals surface area contributed by atoms with E-state index in [1.807, 2.05) is 31.4 Å². The van der Waals surface area contributed by atoms with E-state index in [9.17, 15) is 14.4 Å². The molecule has 2 aromatic rings. The summed E-state index contributed by atoms with van der Waals surface area (Å²) >= 11 is 1.50. The minimum absolute atomic E-state index is 0.0587. The van der Waals surface area contributed by atoms with Gasteiger partial charge in [0.15, 0.2) is 5.78 Å². The standard InChI is InChI=1S/C17H17N3O3S/c1-17(2)6-8-11(9(21)7-17)12(10-4-3-5-24-10)13-14(18-8)19-16(23)20-15(13)22/h3-5,12H,6-7H2,1-2H3,(H3,18,19,20,22,23). The summed E-state index contributed by atoms with van der Waals surface area (Å²) in [6.45, 7) is 4.10. The van der Waals surface area contributed by atoms with Crippen molar-refractivity contribution in [2.75, 3.05) is 5.32 Å². The number of thiophene rings is 1.